The largest absolute Gasteiger partial charge is 0.383 e. The van der Waals surface area contributed by atoms with Gasteiger partial charge in [-0.3, -0.25) is 0 Å². The Morgan fingerprint density at radius 1 is 1.35 bits per heavy atom. The summed E-state index contributed by atoms with van der Waals surface area (Å²) in [5.41, 5.74) is 0.826. The van der Waals surface area contributed by atoms with E-state index in [2.05, 4.69) is 12.2 Å². The molecular formula is C16H26FNOS. The zero-order chi connectivity index (χ0) is 14.6. The van der Waals surface area contributed by atoms with Gasteiger partial charge in [-0.1, -0.05) is 25.1 Å². The summed E-state index contributed by atoms with van der Waals surface area (Å²) in [6.45, 7) is 4.66. The number of methoxy groups -OCH3 is 1. The predicted octanol–water partition coefficient (Wildman–Crippen LogP) is 3.36. The Morgan fingerprint density at radius 3 is 2.85 bits per heavy atom. The summed E-state index contributed by atoms with van der Waals surface area (Å²) in [5.74, 6) is 2.67. The SMILES string of the molecule is CCSCCC(CNCCOC)Cc1ccccc1F. The highest BCUT2D eigenvalue weighted by Gasteiger charge is 2.12. The standard InChI is InChI=1S/C16H26FNOS/c1-3-20-11-8-14(13-18-9-10-19-2)12-15-6-4-5-7-16(15)17/h4-7,14,18H,3,8-13H2,1-2H3. The molecule has 0 aliphatic heterocycles. The maximum absolute atomic E-state index is 13.7. The summed E-state index contributed by atoms with van der Waals surface area (Å²) in [6.07, 6.45) is 1.92. The molecule has 1 aromatic rings. The van der Waals surface area contributed by atoms with E-state index in [1.54, 1.807) is 19.2 Å². The molecule has 2 nitrogen and oxygen atoms in total. The van der Waals surface area contributed by atoms with E-state index in [4.69, 9.17) is 4.74 Å². The van der Waals surface area contributed by atoms with Crippen molar-refractivity contribution < 1.29 is 9.13 Å². The quantitative estimate of drug-likeness (QED) is 0.633. The van der Waals surface area contributed by atoms with Crippen LogP contribution in [0.1, 0.15) is 18.9 Å². The number of hydrogen-bond donors (Lipinski definition) is 1. The first-order valence-corrected chi connectivity index (χ1v) is 8.44. The van der Waals surface area contributed by atoms with E-state index in [0.29, 0.717) is 5.92 Å². The third-order valence-corrected chi connectivity index (χ3v) is 4.19. The van der Waals surface area contributed by atoms with E-state index >= 15 is 0 Å². The van der Waals surface area contributed by atoms with Crippen molar-refractivity contribution in [2.75, 3.05) is 38.3 Å². The van der Waals surface area contributed by atoms with Crippen molar-refractivity contribution in [3.05, 3.63) is 35.6 Å². The minimum Gasteiger partial charge on any atom is -0.383 e. The first-order valence-electron chi connectivity index (χ1n) is 7.28. The Labute approximate surface area is 126 Å². The number of halogens is 1. The van der Waals surface area contributed by atoms with Crippen molar-refractivity contribution in [3.63, 3.8) is 0 Å². The Morgan fingerprint density at radius 2 is 2.15 bits per heavy atom. The third kappa shape index (κ3) is 7.27. The van der Waals surface area contributed by atoms with Crippen molar-refractivity contribution in [1.29, 1.82) is 0 Å². The van der Waals surface area contributed by atoms with Gasteiger partial charge in [0.1, 0.15) is 5.82 Å². The van der Waals surface area contributed by atoms with E-state index in [0.717, 1.165) is 49.6 Å². The average molecular weight is 299 g/mol. The number of rotatable bonds is 11. The molecule has 1 unspecified atom stereocenters. The minimum absolute atomic E-state index is 0.0856. The molecular weight excluding hydrogens is 273 g/mol. The molecule has 0 aromatic heterocycles. The number of hydrogen-bond acceptors (Lipinski definition) is 3. The van der Waals surface area contributed by atoms with Gasteiger partial charge in [0.15, 0.2) is 0 Å². The van der Waals surface area contributed by atoms with E-state index in [1.165, 1.54) is 0 Å². The van der Waals surface area contributed by atoms with E-state index < -0.39 is 0 Å². The molecule has 1 aromatic carbocycles. The Bertz CT molecular complexity index is 362. The predicted molar refractivity (Wildman–Crippen MR) is 86.0 cm³/mol. The minimum atomic E-state index is -0.0856. The lowest BCUT2D eigenvalue weighted by molar-refractivity contribution is 0.197. The molecule has 0 aliphatic rings. The normalized spacial score (nSPS) is 12.6. The van der Waals surface area contributed by atoms with E-state index in [1.807, 2.05) is 23.9 Å². The van der Waals surface area contributed by atoms with Crippen LogP contribution in [-0.4, -0.2) is 38.3 Å². The summed E-state index contributed by atoms with van der Waals surface area (Å²) in [7, 11) is 1.70. The van der Waals surface area contributed by atoms with Crippen molar-refractivity contribution in [1.82, 2.24) is 5.32 Å². The van der Waals surface area contributed by atoms with Gasteiger partial charge in [-0.2, -0.15) is 11.8 Å². The van der Waals surface area contributed by atoms with Gasteiger partial charge in [0.25, 0.3) is 0 Å². The van der Waals surface area contributed by atoms with Gasteiger partial charge in [-0.15, -0.1) is 0 Å². The molecule has 0 bridgehead atoms. The molecule has 4 heteroatoms. The summed E-state index contributed by atoms with van der Waals surface area (Å²) in [4.78, 5) is 0. The molecule has 1 atom stereocenters. The molecule has 1 N–H and O–H groups in total. The Balaban J connectivity index is 2.46. The fraction of sp³-hybridized carbons (Fsp3) is 0.625. The molecule has 1 rings (SSSR count). The van der Waals surface area contributed by atoms with Crippen LogP contribution < -0.4 is 5.32 Å². The van der Waals surface area contributed by atoms with Gasteiger partial charge in [0.05, 0.1) is 6.61 Å². The smallest absolute Gasteiger partial charge is 0.126 e. The second kappa shape index (κ2) is 11.1. The van der Waals surface area contributed by atoms with Gasteiger partial charge < -0.3 is 10.1 Å². The number of benzene rings is 1. The zero-order valence-corrected chi connectivity index (χ0v) is 13.3. The summed E-state index contributed by atoms with van der Waals surface area (Å²) < 4.78 is 18.8. The fourth-order valence-electron chi connectivity index (χ4n) is 2.13. The van der Waals surface area contributed by atoms with Crippen LogP contribution in [0, 0.1) is 11.7 Å². The maximum atomic E-state index is 13.7. The highest BCUT2D eigenvalue weighted by molar-refractivity contribution is 7.99. The molecule has 0 radical (unpaired) electrons. The van der Waals surface area contributed by atoms with Crippen LogP contribution in [0.3, 0.4) is 0 Å². The van der Waals surface area contributed by atoms with Crippen molar-refractivity contribution >= 4 is 11.8 Å². The van der Waals surface area contributed by atoms with Crippen molar-refractivity contribution in [2.24, 2.45) is 5.92 Å². The lowest BCUT2D eigenvalue weighted by Crippen LogP contribution is -2.28. The Kier molecular flexibility index (Phi) is 9.71. The topological polar surface area (TPSA) is 21.3 Å². The van der Waals surface area contributed by atoms with Crippen LogP contribution in [0.5, 0.6) is 0 Å². The first-order chi connectivity index (χ1) is 9.77. The molecule has 0 fully saturated rings. The Hall–Kier alpha value is -0.580. The first kappa shape index (κ1) is 17.5. The zero-order valence-electron chi connectivity index (χ0n) is 12.5. The van der Waals surface area contributed by atoms with Gasteiger partial charge in [-0.05, 0) is 48.4 Å². The van der Waals surface area contributed by atoms with Crippen LogP contribution >= 0.6 is 11.8 Å². The summed E-state index contributed by atoms with van der Waals surface area (Å²) in [5, 5.41) is 3.40. The fourth-order valence-corrected chi connectivity index (χ4v) is 2.91. The van der Waals surface area contributed by atoms with E-state index in [-0.39, 0.29) is 5.82 Å². The van der Waals surface area contributed by atoms with Gasteiger partial charge in [0, 0.05) is 13.7 Å². The van der Waals surface area contributed by atoms with Gasteiger partial charge in [-0.25, -0.2) is 4.39 Å². The van der Waals surface area contributed by atoms with Crippen LogP contribution in [0.4, 0.5) is 4.39 Å². The molecule has 0 spiro atoms. The van der Waals surface area contributed by atoms with Crippen LogP contribution in [0.2, 0.25) is 0 Å². The summed E-state index contributed by atoms with van der Waals surface area (Å²) in [6, 6.07) is 7.10. The lowest BCUT2D eigenvalue weighted by Gasteiger charge is -2.18. The number of ether oxygens (including phenoxy) is 1. The molecule has 0 saturated heterocycles. The van der Waals surface area contributed by atoms with E-state index in [9.17, 15) is 4.39 Å². The van der Waals surface area contributed by atoms with Crippen molar-refractivity contribution in [2.45, 2.75) is 19.8 Å². The number of nitrogens with one attached hydrogen (secondary N) is 1. The second-order valence-corrected chi connectivity index (χ2v) is 6.24. The highest BCUT2D eigenvalue weighted by Crippen LogP contribution is 2.17. The molecule has 0 aliphatic carbocycles. The molecule has 0 heterocycles. The van der Waals surface area contributed by atoms with Crippen molar-refractivity contribution in [3.8, 4) is 0 Å². The average Bonchev–Trinajstić information content (AvgIpc) is 2.46. The maximum Gasteiger partial charge on any atom is 0.126 e. The third-order valence-electron chi connectivity index (χ3n) is 3.26. The van der Waals surface area contributed by atoms with Crippen LogP contribution in [0.25, 0.3) is 0 Å². The highest BCUT2D eigenvalue weighted by atomic mass is 32.2. The number of thioether (sulfide) groups is 1. The van der Waals surface area contributed by atoms with Crippen LogP contribution in [-0.2, 0) is 11.2 Å². The van der Waals surface area contributed by atoms with Gasteiger partial charge >= 0.3 is 0 Å². The van der Waals surface area contributed by atoms with Crippen LogP contribution in [0.15, 0.2) is 24.3 Å². The second-order valence-electron chi connectivity index (χ2n) is 4.84. The molecule has 114 valence electrons. The monoisotopic (exact) mass is 299 g/mol. The molecule has 0 saturated carbocycles. The molecule has 20 heavy (non-hydrogen) atoms. The summed E-state index contributed by atoms with van der Waals surface area (Å²) >= 11 is 1.95. The molecule has 0 amide bonds. The lowest BCUT2D eigenvalue weighted by atomic mass is 9.96. The van der Waals surface area contributed by atoms with Gasteiger partial charge in [0.2, 0.25) is 0 Å².